The molecule has 0 saturated heterocycles. The van der Waals surface area contributed by atoms with Crippen molar-refractivity contribution in [2.75, 3.05) is 11.9 Å². The summed E-state index contributed by atoms with van der Waals surface area (Å²) >= 11 is 0. The van der Waals surface area contributed by atoms with Gasteiger partial charge in [0, 0.05) is 12.0 Å². The Balaban J connectivity index is 2.36. The monoisotopic (exact) mass is 247 g/mol. The molecule has 5 heteroatoms. The fourth-order valence-corrected chi connectivity index (χ4v) is 1.66. The van der Waals surface area contributed by atoms with E-state index in [9.17, 15) is 0 Å². The highest BCUT2D eigenvalue weighted by Gasteiger charge is 2.21. The van der Waals surface area contributed by atoms with Crippen molar-refractivity contribution in [3.8, 4) is 0 Å². The Morgan fingerprint density at radius 2 is 1.94 bits per heavy atom. The van der Waals surface area contributed by atoms with Crippen molar-refractivity contribution in [2.45, 2.75) is 40.0 Å². The number of hydrogen-bond acceptors (Lipinski definition) is 4. The highest BCUT2D eigenvalue weighted by molar-refractivity contribution is 5.44. The summed E-state index contributed by atoms with van der Waals surface area (Å²) in [6.45, 7) is 11.6. The fourth-order valence-electron chi connectivity index (χ4n) is 1.66. The Labute approximate surface area is 108 Å². The average Bonchev–Trinajstić information content (AvgIpc) is 2.68. The van der Waals surface area contributed by atoms with E-state index in [4.69, 9.17) is 0 Å². The molecule has 0 aromatic carbocycles. The van der Waals surface area contributed by atoms with Gasteiger partial charge in [0.05, 0.1) is 0 Å². The van der Waals surface area contributed by atoms with E-state index in [1.54, 1.807) is 0 Å². The van der Waals surface area contributed by atoms with E-state index in [0.29, 0.717) is 5.92 Å². The molecule has 2 aromatic rings. The molecule has 0 radical (unpaired) electrons. The van der Waals surface area contributed by atoms with Crippen molar-refractivity contribution in [1.82, 2.24) is 19.8 Å². The number of rotatable bonds is 3. The van der Waals surface area contributed by atoms with Gasteiger partial charge in [-0.2, -0.15) is 4.52 Å². The molecule has 98 valence electrons. The zero-order valence-electron chi connectivity index (χ0n) is 11.7. The van der Waals surface area contributed by atoms with Crippen LogP contribution in [-0.4, -0.2) is 26.4 Å². The highest BCUT2D eigenvalue weighted by atomic mass is 15.4. The third kappa shape index (κ3) is 2.60. The van der Waals surface area contributed by atoms with Gasteiger partial charge < -0.3 is 5.32 Å². The van der Waals surface area contributed by atoms with E-state index < -0.39 is 0 Å². The number of nitrogens with zero attached hydrogens (tertiary/aromatic N) is 4. The molecular weight excluding hydrogens is 226 g/mol. The summed E-state index contributed by atoms with van der Waals surface area (Å²) < 4.78 is 1.82. The quantitative estimate of drug-likeness (QED) is 0.905. The molecule has 0 saturated carbocycles. The van der Waals surface area contributed by atoms with Gasteiger partial charge in [0.1, 0.15) is 5.82 Å². The standard InChI is InChI=1S/C13H21N5/c1-9(2)8-14-10-6-7-11-15-16-12(13(3,4)5)18(11)17-10/h6-7,9H,8H2,1-5H3,(H,14,17). The maximum atomic E-state index is 4.55. The van der Waals surface area contributed by atoms with E-state index in [1.807, 2.05) is 16.6 Å². The van der Waals surface area contributed by atoms with Crippen LogP contribution >= 0.6 is 0 Å². The maximum Gasteiger partial charge on any atom is 0.178 e. The smallest absolute Gasteiger partial charge is 0.178 e. The summed E-state index contributed by atoms with van der Waals surface area (Å²) in [4.78, 5) is 0. The number of nitrogens with one attached hydrogen (secondary N) is 1. The second-order valence-corrected chi connectivity index (χ2v) is 6.04. The van der Waals surface area contributed by atoms with Gasteiger partial charge in [0.25, 0.3) is 0 Å². The van der Waals surface area contributed by atoms with Crippen molar-refractivity contribution >= 4 is 11.5 Å². The van der Waals surface area contributed by atoms with Gasteiger partial charge in [-0.3, -0.25) is 0 Å². The Kier molecular flexibility index (Phi) is 3.24. The van der Waals surface area contributed by atoms with Crippen LogP contribution < -0.4 is 5.32 Å². The molecule has 0 bridgehead atoms. The minimum absolute atomic E-state index is 0.0664. The predicted molar refractivity (Wildman–Crippen MR) is 72.8 cm³/mol. The Bertz CT molecular complexity index is 536. The predicted octanol–water partition coefficient (Wildman–Crippen LogP) is 2.49. The molecule has 2 rings (SSSR count). The molecule has 1 N–H and O–H groups in total. The van der Waals surface area contributed by atoms with Crippen molar-refractivity contribution in [3.05, 3.63) is 18.0 Å². The second kappa shape index (κ2) is 4.55. The van der Waals surface area contributed by atoms with Gasteiger partial charge in [-0.05, 0) is 18.1 Å². The molecule has 0 amide bonds. The molecule has 0 spiro atoms. The molecule has 0 atom stereocenters. The molecule has 5 nitrogen and oxygen atoms in total. The topological polar surface area (TPSA) is 55.1 Å². The molecule has 0 aliphatic rings. The molecule has 2 heterocycles. The Hall–Kier alpha value is -1.65. The normalized spacial score (nSPS) is 12.3. The molecule has 0 aliphatic carbocycles. The maximum absolute atomic E-state index is 4.55. The molecule has 0 aliphatic heterocycles. The lowest BCUT2D eigenvalue weighted by atomic mass is 9.96. The fraction of sp³-hybridized carbons (Fsp3) is 0.615. The van der Waals surface area contributed by atoms with Crippen molar-refractivity contribution in [2.24, 2.45) is 5.92 Å². The van der Waals surface area contributed by atoms with Crippen LogP contribution in [0.2, 0.25) is 0 Å². The van der Waals surface area contributed by atoms with Gasteiger partial charge in [-0.25, -0.2) is 0 Å². The summed E-state index contributed by atoms with van der Waals surface area (Å²) in [5, 5.41) is 16.2. The Morgan fingerprint density at radius 1 is 1.22 bits per heavy atom. The lowest BCUT2D eigenvalue weighted by molar-refractivity contribution is 0.527. The first-order valence-electron chi connectivity index (χ1n) is 6.35. The van der Waals surface area contributed by atoms with E-state index in [-0.39, 0.29) is 5.41 Å². The Morgan fingerprint density at radius 3 is 2.56 bits per heavy atom. The summed E-state index contributed by atoms with van der Waals surface area (Å²) in [5.74, 6) is 2.33. The van der Waals surface area contributed by atoms with Gasteiger partial charge in [-0.1, -0.05) is 34.6 Å². The lowest BCUT2D eigenvalue weighted by Crippen LogP contribution is -2.18. The summed E-state index contributed by atoms with van der Waals surface area (Å²) in [7, 11) is 0. The van der Waals surface area contributed by atoms with Crippen molar-refractivity contribution in [1.29, 1.82) is 0 Å². The van der Waals surface area contributed by atoms with E-state index in [0.717, 1.165) is 23.8 Å². The number of aromatic nitrogens is 4. The first-order valence-corrected chi connectivity index (χ1v) is 6.35. The largest absolute Gasteiger partial charge is 0.368 e. The third-order valence-electron chi connectivity index (χ3n) is 2.63. The first kappa shape index (κ1) is 12.8. The molecule has 0 fully saturated rings. The molecule has 2 aromatic heterocycles. The minimum atomic E-state index is -0.0664. The zero-order chi connectivity index (χ0) is 13.3. The van der Waals surface area contributed by atoms with E-state index >= 15 is 0 Å². The molecular formula is C13H21N5. The average molecular weight is 247 g/mol. The third-order valence-corrected chi connectivity index (χ3v) is 2.63. The van der Waals surface area contributed by atoms with Gasteiger partial charge in [0.15, 0.2) is 11.5 Å². The van der Waals surface area contributed by atoms with Crippen LogP contribution in [0.4, 0.5) is 5.82 Å². The van der Waals surface area contributed by atoms with Crippen molar-refractivity contribution < 1.29 is 0 Å². The summed E-state index contributed by atoms with van der Waals surface area (Å²) in [6, 6.07) is 3.89. The second-order valence-electron chi connectivity index (χ2n) is 6.04. The van der Waals surface area contributed by atoms with Crippen LogP contribution in [0.1, 0.15) is 40.4 Å². The van der Waals surface area contributed by atoms with Crippen LogP contribution in [0.3, 0.4) is 0 Å². The first-order chi connectivity index (χ1) is 8.38. The van der Waals surface area contributed by atoms with Crippen LogP contribution in [0, 0.1) is 5.92 Å². The van der Waals surface area contributed by atoms with E-state index in [1.165, 1.54) is 0 Å². The van der Waals surface area contributed by atoms with Crippen LogP contribution in [0.5, 0.6) is 0 Å². The number of fused-ring (bicyclic) bond motifs is 1. The highest BCUT2D eigenvalue weighted by Crippen LogP contribution is 2.20. The summed E-state index contributed by atoms with van der Waals surface area (Å²) in [6.07, 6.45) is 0. The van der Waals surface area contributed by atoms with Crippen LogP contribution in [0.25, 0.3) is 5.65 Å². The lowest BCUT2D eigenvalue weighted by Gasteiger charge is -2.15. The number of anilines is 1. The van der Waals surface area contributed by atoms with Crippen LogP contribution in [0.15, 0.2) is 12.1 Å². The van der Waals surface area contributed by atoms with Gasteiger partial charge in [0.2, 0.25) is 0 Å². The molecule has 18 heavy (non-hydrogen) atoms. The van der Waals surface area contributed by atoms with Gasteiger partial charge in [-0.15, -0.1) is 15.3 Å². The summed E-state index contributed by atoms with van der Waals surface area (Å²) in [5.41, 5.74) is 0.721. The SMILES string of the molecule is CC(C)CNc1ccc2nnc(C(C)(C)C)n2n1. The van der Waals surface area contributed by atoms with Crippen molar-refractivity contribution in [3.63, 3.8) is 0 Å². The zero-order valence-corrected chi connectivity index (χ0v) is 11.7. The molecule has 0 unspecified atom stereocenters. The number of hydrogen-bond donors (Lipinski definition) is 1. The van der Waals surface area contributed by atoms with Crippen LogP contribution in [-0.2, 0) is 5.41 Å². The van der Waals surface area contributed by atoms with E-state index in [2.05, 4.69) is 55.2 Å². The minimum Gasteiger partial charge on any atom is -0.368 e. The van der Waals surface area contributed by atoms with Gasteiger partial charge >= 0.3 is 0 Å².